The van der Waals surface area contributed by atoms with Crippen LogP contribution in [0.3, 0.4) is 0 Å². The molecular weight excluding hydrogens is 259 g/mol. The summed E-state index contributed by atoms with van der Waals surface area (Å²) in [6.07, 6.45) is 5.88. The monoisotopic (exact) mass is 280 g/mol. The van der Waals surface area contributed by atoms with E-state index in [1.54, 1.807) is 0 Å². The number of nitrogens with one attached hydrogen (secondary N) is 1. The van der Waals surface area contributed by atoms with Crippen molar-refractivity contribution in [2.75, 3.05) is 26.4 Å². The van der Waals surface area contributed by atoms with Gasteiger partial charge in [0, 0.05) is 28.5 Å². The molecule has 2 nitrogen and oxygen atoms in total. The van der Waals surface area contributed by atoms with E-state index in [0.29, 0.717) is 0 Å². The Morgan fingerprint density at radius 2 is 2.11 bits per heavy atom. The summed E-state index contributed by atoms with van der Waals surface area (Å²) < 4.78 is 14.4. The van der Waals surface area contributed by atoms with Crippen molar-refractivity contribution in [3.8, 4) is 0 Å². The van der Waals surface area contributed by atoms with Crippen molar-refractivity contribution in [2.24, 2.45) is 0 Å². The van der Waals surface area contributed by atoms with Gasteiger partial charge in [-0.25, -0.2) is 4.39 Å². The minimum Gasteiger partial charge on any atom is -0.361 e. The molecule has 0 amide bonds. The minimum atomic E-state index is -0.0839. The van der Waals surface area contributed by atoms with Gasteiger partial charge in [-0.2, -0.15) is 0 Å². The maximum Gasteiger partial charge on any atom is 0.146 e. The number of benzene rings is 1. The number of thioether (sulfide) groups is 1. The number of halogens is 1. The molecule has 0 atom stereocenters. The third kappa shape index (κ3) is 3.12. The summed E-state index contributed by atoms with van der Waals surface area (Å²) in [5.74, 6) is -0.0839. The number of fused-ring (bicyclic) bond motifs is 1. The van der Waals surface area contributed by atoms with Crippen molar-refractivity contribution in [1.82, 2.24) is 9.88 Å². The van der Waals surface area contributed by atoms with E-state index < -0.39 is 0 Å². The highest BCUT2D eigenvalue weighted by Crippen LogP contribution is 2.29. The molecule has 0 aliphatic heterocycles. The molecule has 0 radical (unpaired) electrons. The van der Waals surface area contributed by atoms with Crippen LogP contribution in [0.4, 0.5) is 4.39 Å². The van der Waals surface area contributed by atoms with Gasteiger partial charge in [-0.1, -0.05) is 6.92 Å². The van der Waals surface area contributed by atoms with Crippen LogP contribution in [0.25, 0.3) is 10.9 Å². The molecule has 2 aromatic rings. The van der Waals surface area contributed by atoms with Gasteiger partial charge in [0.2, 0.25) is 0 Å². The second-order valence-electron chi connectivity index (χ2n) is 4.87. The van der Waals surface area contributed by atoms with E-state index in [1.165, 1.54) is 11.8 Å². The fourth-order valence-electron chi connectivity index (χ4n) is 2.39. The number of aromatic amines is 1. The van der Waals surface area contributed by atoms with Crippen molar-refractivity contribution in [3.63, 3.8) is 0 Å². The van der Waals surface area contributed by atoms with Gasteiger partial charge in [0.05, 0.1) is 0 Å². The van der Waals surface area contributed by atoms with E-state index in [4.69, 9.17) is 0 Å². The second kappa shape index (κ2) is 6.44. The van der Waals surface area contributed by atoms with Gasteiger partial charge < -0.3 is 9.88 Å². The van der Waals surface area contributed by atoms with Gasteiger partial charge in [-0.15, -0.1) is 11.8 Å². The number of likely N-dealkylation sites (N-methyl/N-ethyl adjacent to an activating group) is 1. The lowest BCUT2D eigenvalue weighted by atomic mass is 10.1. The van der Waals surface area contributed by atoms with Gasteiger partial charge >= 0.3 is 0 Å². The number of aromatic nitrogens is 1. The Hall–Kier alpha value is -1.00. The Morgan fingerprint density at radius 3 is 2.79 bits per heavy atom. The van der Waals surface area contributed by atoms with Crippen molar-refractivity contribution < 1.29 is 4.39 Å². The first-order chi connectivity index (χ1) is 9.17. The molecule has 1 aromatic heterocycles. The predicted octanol–water partition coefficient (Wildman–Crippen LogP) is 3.91. The van der Waals surface area contributed by atoms with Crippen molar-refractivity contribution in [3.05, 3.63) is 29.7 Å². The molecule has 104 valence electrons. The zero-order valence-electron chi connectivity index (χ0n) is 11.8. The summed E-state index contributed by atoms with van der Waals surface area (Å²) >= 11 is 1.46. The Morgan fingerprint density at radius 1 is 1.32 bits per heavy atom. The number of H-pyrrole nitrogens is 1. The van der Waals surface area contributed by atoms with Gasteiger partial charge in [-0.05, 0) is 50.4 Å². The Bertz CT molecular complexity index is 550. The lowest BCUT2D eigenvalue weighted by molar-refractivity contribution is 0.339. The summed E-state index contributed by atoms with van der Waals surface area (Å²) in [4.78, 5) is 6.17. The van der Waals surface area contributed by atoms with Crippen molar-refractivity contribution in [2.45, 2.75) is 24.7 Å². The summed E-state index contributed by atoms with van der Waals surface area (Å²) in [6, 6.07) is 3.80. The second-order valence-corrected chi connectivity index (χ2v) is 5.72. The van der Waals surface area contributed by atoms with Crippen LogP contribution in [0.5, 0.6) is 0 Å². The smallest absolute Gasteiger partial charge is 0.146 e. The molecular formula is C15H21FN2S. The minimum absolute atomic E-state index is 0.0839. The molecule has 1 aromatic carbocycles. The molecule has 0 fully saturated rings. The maximum atomic E-state index is 14.4. The van der Waals surface area contributed by atoms with Crippen LogP contribution >= 0.6 is 11.8 Å². The molecule has 0 saturated carbocycles. The summed E-state index contributed by atoms with van der Waals surface area (Å²) in [7, 11) is 2.11. The molecule has 0 aliphatic rings. The van der Waals surface area contributed by atoms with Crippen LogP contribution in [0.1, 0.15) is 18.9 Å². The van der Waals surface area contributed by atoms with Crippen molar-refractivity contribution >= 4 is 22.7 Å². The van der Waals surface area contributed by atoms with Gasteiger partial charge in [0.15, 0.2) is 0 Å². The lowest BCUT2D eigenvalue weighted by Crippen LogP contribution is -2.21. The molecule has 0 aliphatic carbocycles. The highest BCUT2D eigenvalue weighted by Gasteiger charge is 2.12. The molecule has 0 spiro atoms. The standard InChI is InChI=1S/C15H21FN2S/c1-4-8-18(2)9-7-11-10-17-12-5-6-13(19-3)15(16)14(11)12/h5-6,10,17H,4,7-9H2,1-3H3. The van der Waals surface area contributed by atoms with Crippen molar-refractivity contribution in [1.29, 1.82) is 0 Å². The van der Waals surface area contributed by atoms with Crippen LogP contribution < -0.4 is 0 Å². The normalized spacial score (nSPS) is 11.6. The quantitative estimate of drug-likeness (QED) is 0.809. The predicted molar refractivity (Wildman–Crippen MR) is 81.5 cm³/mol. The fraction of sp³-hybridized carbons (Fsp3) is 0.467. The molecule has 1 N–H and O–H groups in total. The SMILES string of the molecule is CCCN(C)CCc1c[nH]c2ccc(SC)c(F)c12. The van der Waals surface area contributed by atoms with E-state index in [-0.39, 0.29) is 5.82 Å². The van der Waals surface area contributed by atoms with E-state index in [0.717, 1.165) is 47.3 Å². The summed E-state index contributed by atoms with van der Waals surface area (Å²) in [5.41, 5.74) is 1.97. The van der Waals surface area contributed by atoms with Gasteiger partial charge in [0.1, 0.15) is 5.82 Å². The zero-order valence-corrected chi connectivity index (χ0v) is 12.6. The molecule has 0 bridgehead atoms. The largest absolute Gasteiger partial charge is 0.361 e. The maximum absolute atomic E-state index is 14.4. The van der Waals surface area contributed by atoms with Crippen LogP contribution in [-0.4, -0.2) is 36.3 Å². The number of hydrogen-bond donors (Lipinski definition) is 1. The summed E-state index contributed by atoms with van der Waals surface area (Å²) in [5, 5.41) is 0.761. The molecule has 1 heterocycles. The molecule has 2 rings (SSSR count). The molecule has 19 heavy (non-hydrogen) atoms. The van der Waals surface area contributed by atoms with Gasteiger partial charge in [-0.3, -0.25) is 0 Å². The van der Waals surface area contributed by atoms with E-state index in [1.807, 2.05) is 24.6 Å². The highest BCUT2D eigenvalue weighted by molar-refractivity contribution is 7.98. The average molecular weight is 280 g/mol. The summed E-state index contributed by atoms with van der Waals surface area (Å²) in [6.45, 7) is 4.22. The van der Waals surface area contributed by atoms with E-state index in [2.05, 4.69) is 23.9 Å². The van der Waals surface area contributed by atoms with Crippen LogP contribution in [0, 0.1) is 5.82 Å². The Labute approximate surface area is 118 Å². The number of rotatable bonds is 6. The highest BCUT2D eigenvalue weighted by atomic mass is 32.2. The Kier molecular flexibility index (Phi) is 4.88. The first kappa shape index (κ1) is 14.4. The van der Waals surface area contributed by atoms with Gasteiger partial charge in [0.25, 0.3) is 0 Å². The van der Waals surface area contributed by atoms with E-state index >= 15 is 0 Å². The third-order valence-corrected chi connectivity index (χ3v) is 4.17. The van der Waals surface area contributed by atoms with Crippen LogP contribution in [-0.2, 0) is 6.42 Å². The van der Waals surface area contributed by atoms with Crippen LogP contribution in [0.15, 0.2) is 23.2 Å². The lowest BCUT2D eigenvalue weighted by Gasteiger charge is -2.14. The number of hydrogen-bond acceptors (Lipinski definition) is 2. The Balaban J connectivity index is 2.24. The first-order valence-electron chi connectivity index (χ1n) is 6.68. The zero-order chi connectivity index (χ0) is 13.8. The average Bonchev–Trinajstić information content (AvgIpc) is 2.81. The fourth-order valence-corrected chi connectivity index (χ4v) is 2.87. The molecule has 0 saturated heterocycles. The third-order valence-electron chi connectivity index (χ3n) is 3.42. The topological polar surface area (TPSA) is 19.0 Å². The van der Waals surface area contributed by atoms with E-state index in [9.17, 15) is 4.39 Å². The molecule has 0 unspecified atom stereocenters. The first-order valence-corrected chi connectivity index (χ1v) is 7.90. The molecule has 4 heteroatoms. The number of nitrogens with zero attached hydrogens (tertiary/aromatic N) is 1. The van der Waals surface area contributed by atoms with Crippen LogP contribution in [0.2, 0.25) is 0 Å².